The Labute approximate surface area is 77.7 Å². The third-order valence-electron chi connectivity index (χ3n) is 1.23. The molecular formula is C6H9F3N4O. The lowest BCUT2D eigenvalue weighted by molar-refractivity contribution is -0.115. The zero-order valence-electron chi connectivity index (χ0n) is 7.35. The number of anilines is 1. The van der Waals surface area contributed by atoms with Crippen molar-refractivity contribution in [2.24, 2.45) is 0 Å². The minimum Gasteiger partial charge on any atom is -0.407 e. The fourth-order valence-electron chi connectivity index (χ4n) is 0.724. The summed E-state index contributed by atoms with van der Waals surface area (Å²) in [5.74, 6) is 0.233. The van der Waals surface area contributed by atoms with Gasteiger partial charge in [-0.1, -0.05) is 5.10 Å². The van der Waals surface area contributed by atoms with Crippen LogP contribution < -0.4 is 10.6 Å². The van der Waals surface area contributed by atoms with Crippen LogP contribution >= 0.6 is 0 Å². The average Bonchev–Trinajstić information content (AvgIpc) is 2.49. The fraction of sp³-hybridized carbons (Fsp3) is 0.667. The molecule has 0 aromatic carbocycles. The molecule has 0 saturated carbocycles. The first kappa shape index (κ1) is 10.8. The van der Waals surface area contributed by atoms with E-state index < -0.39 is 12.7 Å². The van der Waals surface area contributed by atoms with Gasteiger partial charge >= 0.3 is 12.2 Å². The van der Waals surface area contributed by atoms with Crippen LogP contribution in [0.1, 0.15) is 5.89 Å². The summed E-state index contributed by atoms with van der Waals surface area (Å²) < 4.78 is 40.0. The van der Waals surface area contributed by atoms with Gasteiger partial charge in [0.1, 0.15) is 6.54 Å². The molecule has 0 fully saturated rings. The molecule has 1 heterocycles. The molecule has 8 heteroatoms. The second-order valence-electron chi connectivity index (χ2n) is 2.50. The lowest BCUT2D eigenvalue weighted by Gasteiger charge is -2.04. The molecular weight excluding hydrogens is 201 g/mol. The predicted octanol–water partition coefficient (Wildman–Crippen LogP) is 0.763. The second kappa shape index (κ2) is 4.27. The summed E-state index contributed by atoms with van der Waals surface area (Å²) in [4.78, 5) is 0. The largest absolute Gasteiger partial charge is 0.407 e. The zero-order valence-corrected chi connectivity index (χ0v) is 7.35. The summed E-state index contributed by atoms with van der Waals surface area (Å²) in [6.45, 7) is -0.866. The Morgan fingerprint density at radius 2 is 2.07 bits per heavy atom. The highest BCUT2D eigenvalue weighted by Crippen LogP contribution is 2.15. The standard InChI is InChI=1S/C6H9F3N4O/c1-10-2-4-12-13-5(14-4)11-3-6(7,8)9/h10H,2-3H2,1H3,(H,11,13). The molecule has 0 atom stereocenters. The Bertz CT molecular complexity index is 285. The van der Waals surface area contributed by atoms with Gasteiger partial charge in [0, 0.05) is 0 Å². The highest BCUT2D eigenvalue weighted by Gasteiger charge is 2.27. The average molecular weight is 210 g/mol. The van der Waals surface area contributed by atoms with Gasteiger partial charge in [0.2, 0.25) is 5.89 Å². The van der Waals surface area contributed by atoms with E-state index in [1.807, 2.05) is 5.32 Å². The summed E-state index contributed by atoms with van der Waals surface area (Å²) >= 11 is 0. The molecule has 0 aliphatic carbocycles. The predicted molar refractivity (Wildman–Crippen MR) is 41.6 cm³/mol. The van der Waals surface area contributed by atoms with Crippen molar-refractivity contribution in [3.05, 3.63) is 5.89 Å². The van der Waals surface area contributed by atoms with Gasteiger partial charge in [-0.05, 0) is 7.05 Å². The van der Waals surface area contributed by atoms with Crippen molar-refractivity contribution < 1.29 is 17.6 Å². The van der Waals surface area contributed by atoms with Gasteiger partial charge in [-0.2, -0.15) is 13.2 Å². The van der Waals surface area contributed by atoms with Crippen LogP contribution in [0.15, 0.2) is 4.42 Å². The number of halogens is 3. The quantitative estimate of drug-likeness (QED) is 0.768. The Hall–Kier alpha value is -1.31. The van der Waals surface area contributed by atoms with E-state index in [0.29, 0.717) is 6.54 Å². The van der Waals surface area contributed by atoms with Crippen LogP contribution in [0.5, 0.6) is 0 Å². The second-order valence-corrected chi connectivity index (χ2v) is 2.50. The summed E-state index contributed by atoms with van der Waals surface area (Å²) in [5, 5.41) is 11.6. The third-order valence-corrected chi connectivity index (χ3v) is 1.23. The van der Waals surface area contributed by atoms with E-state index in [2.05, 4.69) is 15.5 Å². The van der Waals surface area contributed by atoms with Crippen molar-refractivity contribution in [1.82, 2.24) is 15.5 Å². The summed E-state index contributed by atoms with van der Waals surface area (Å²) in [6, 6.07) is -0.229. The van der Waals surface area contributed by atoms with Gasteiger partial charge in [-0.25, -0.2) is 0 Å². The highest BCUT2D eigenvalue weighted by atomic mass is 19.4. The van der Waals surface area contributed by atoms with Crippen LogP contribution in [0.2, 0.25) is 0 Å². The number of rotatable bonds is 4. The molecule has 80 valence electrons. The van der Waals surface area contributed by atoms with Gasteiger partial charge in [0.15, 0.2) is 0 Å². The van der Waals surface area contributed by atoms with Crippen LogP contribution in [0, 0.1) is 0 Å². The van der Waals surface area contributed by atoms with E-state index in [0.717, 1.165) is 0 Å². The minimum absolute atomic E-state index is 0.229. The Kier molecular flexibility index (Phi) is 3.28. The van der Waals surface area contributed by atoms with Crippen molar-refractivity contribution in [2.45, 2.75) is 12.7 Å². The van der Waals surface area contributed by atoms with Crippen molar-refractivity contribution >= 4 is 6.01 Å². The van der Waals surface area contributed by atoms with E-state index in [1.54, 1.807) is 7.05 Å². The molecule has 2 N–H and O–H groups in total. The van der Waals surface area contributed by atoms with Gasteiger partial charge in [-0.3, -0.25) is 0 Å². The van der Waals surface area contributed by atoms with E-state index in [4.69, 9.17) is 4.42 Å². The fourth-order valence-corrected chi connectivity index (χ4v) is 0.724. The Morgan fingerprint density at radius 1 is 1.36 bits per heavy atom. The Balaban J connectivity index is 2.44. The lowest BCUT2D eigenvalue weighted by atomic mass is 10.6. The van der Waals surface area contributed by atoms with Crippen LogP contribution in [0.25, 0.3) is 0 Å². The first-order chi connectivity index (χ1) is 6.51. The van der Waals surface area contributed by atoms with E-state index in [1.165, 1.54) is 0 Å². The lowest BCUT2D eigenvalue weighted by Crippen LogP contribution is -2.21. The van der Waals surface area contributed by atoms with Crippen molar-refractivity contribution in [2.75, 3.05) is 18.9 Å². The normalized spacial score (nSPS) is 11.7. The molecule has 0 radical (unpaired) electrons. The summed E-state index contributed by atoms with van der Waals surface area (Å²) in [7, 11) is 1.66. The molecule has 0 spiro atoms. The molecule has 1 rings (SSSR count). The van der Waals surface area contributed by atoms with Gasteiger partial charge < -0.3 is 15.1 Å². The molecule has 14 heavy (non-hydrogen) atoms. The zero-order chi connectivity index (χ0) is 10.6. The van der Waals surface area contributed by atoms with Crippen LogP contribution in [-0.4, -0.2) is 30.0 Å². The van der Waals surface area contributed by atoms with Gasteiger partial charge in [-0.15, -0.1) is 5.10 Å². The highest BCUT2D eigenvalue weighted by molar-refractivity contribution is 5.17. The van der Waals surface area contributed by atoms with Crippen LogP contribution in [0.4, 0.5) is 19.2 Å². The molecule has 1 aromatic heterocycles. The van der Waals surface area contributed by atoms with E-state index in [-0.39, 0.29) is 11.9 Å². The van der Waals surface area contributed by atoms with Crippen LogP contribution in [0.3, 0.4) is 0 Å². The number of aromatic nitrogens is 2. The molecule has 0 saturated heterocycles. The SMILES string of the molecule is CNCc1nnc(NCC(F)(F)F)o1. The molecule has 0 bridgehead atoms. The maximum atomic E-state index is 11.7. The minimum atomic E-state index is -4.29. The molecule has 0 unspecified atom stereocenters. The molecule has 0 aliphatic rings. The number of alkyl halides is 3. The van der Waals surface area contributed by atoms with Crippen LogP contribution in [-0.2, 0) is 6.54 Å². The summed E-state index contributed by atoms with van der Waals surface area (Å²) in [5.41, 5.74) is 0. The van der Waals surface area contributed by atoms with Crippen molar-refractivity contribution in [3.63, 3.8) is 0 Å². The van der Waals surface area contributed by atoms with Crippen molar-refractivity contribution in [3.8, 4) is 0 Å². The Morgan fingerprint density at radius 3 is 2.64 bits per heavy atom. The van der Waals surface area contributed by atoms with E-state index >= 15 is 0 Å². The van der Waals surface area contributed by atoms with E-state index in [9.17, 15) is 13.2 Å². The third kappa shape index (κ3) is 3.60. The maximum Gasteiger partial charge on any atom is 0.405 e. The maximum absolute atomic E-state index is 11.7. The molecule has 1 aromatic rings. The number of nitrogens with zero attached hydrogens (tertiary/aromatic N) is 2. The number of hydrogen-bond donors (Lipinski definition) is 2. The van der Waals surface area contributed by atoms with Crippen molar-refractivity contribution in [1.29, 1.82) is 0 Å². The number of nitrogens with one attached hydrogen (secondary N) is 2. The number of hydrogen-bond acceptors (Lipinski definition) is 5. The van der Waals surface area contributed by atoms with Gasteiger partial charge in [0.05, 0.1) is 6.54 Å². The topological polar surface area (TPSA) is 63.0 Å². The monoisotopic (exact) mass is 210 g/mol. The first-order valence-corrected chi connectivity index (χ1v) is 3.79. The molecule has 0 amide bonds. The smallest absolute Gasteiger partial charge is 0.405 e. The van der Waals surface area contributed by atoms with Gasteiger partial charge in [0.25, 0.3) is 0 Å². The molecule has 5 nitrogen and oxygen atoms in total. The summed E-state index contributed by atoms with van der Waals surface area (Å²) in [6.07, 6.45) is -4.29. The first-order valence-electron chi connectivity index (χ1n) is 3.79. The molecule has 0 aliphatic heterocycles.